The first-order valence-electron chi connectivity index (χ1n) is 12.7. The Morgan fingerprint density at radius 3 is 1.82 bits per heavy atom. The molecule has 0 heterocycles. The van der Waals surface area contributed by atoms with Crippen LogP contribution in [0.2, 0.25) is 0 Å². The average Bonchev–Trinajstić information content (AvgIpc) is 2.90. The Balaban J connectivity index is 2.06. The minimum absolute atomic E-state index is 0.135. The quantitative estimate of drug-likeness (QED) is 0.209. The summed E-state index contributed by atoms with van der Waals surface area (Å²) in [5.41, 5.74) is 7.58. The van der Waals surface area contributed by atoms with Gasteiger partial charge in [-0.2, -0.15) is 0 Å². The van der Waals surface area contributed by atoms with Gasteiger partial charge in [0.15, 0.2) is 0 Å². The Bertz CT molecular complexity index is 1050. The van der Waals surface area contributed by atoms with Gasteiger partial charge in [-0.1, -0.05) is 74.5 Å². The normalized spacial score (nSPS) is 14.1. The highest BCUT2D eigenvalue weighted by molar-refractivity contribution is 5.94. The summed E-state index contributed by atoms with van der Waals surface area (Å²) < 4.78 is 0. The molecule has 0 saturated heterocycles. The summed E-state index contributed by atoms with van der Waals surface area (Å²) in [6.45, 7) is 5.01. The zero-order valence-electron chi connectivity index (χ0n) is 22.1. The van der Waals surface area contributed by atoms with Gasteiger partial charge in [0.05, 0.1) is 12.6 Å². The van der Waals surface area contributed by atoms with Crippen molar-refractivity contribution >= 4 is 23.6 Å². The van der Waals surface area contributed by atoms with Crippen LogP contribution in [-0.2, 0) is 32.1 Å². The van der Waals surface area contributed by atoms with Gasteiger partial charge < -0.3 is 32.1 Å². The topological polar surface area (TPSA) is 163 Å². The lowest BCUT2D eigenvalue weighted by atomic mass is 10.0. The van der Waals surface area contributed by atoms with E-state index in [-0.39, 0.29) is 18.2 Å². The SMILES string of the molecule is CC(C)C[C@H](N)C(=O)N[C@@H](CO)C(=O)N[C@@H](Cc1ccccc1)C(=O)N[C@@H](C)C(=O)NCc1ccccc1. The van der Waals surface area contributed by atoms with Crippen LogP contribution in [0.25, 0.3) is 0 Å². The number of carbonyl (C=O) groups excluding carboxylic acids is 4. The maximum Gasteiger partial charge on any atom is 0.245 e. The molecule has 7 N–H and O–H groups in total. The zero-order valence-corrected chi connectivity index (χ0v) is 22.1. The van der Waals surface area contributed by atoms with Crippen molar-refractivity contribution in [1.82, 2.24) is 21.3 Å². The monoisotopic (exact) mass is 525 g/mol. The van der Waals surface area contributed by atoms with Crippen LogP contribution >= 0.6 is 0 Å². The second-order valence-electron chi connectivity index (χ2n) is 9.66. The molecule has 0 bridgehead atoms. The third-order valence-corrected chi connectivity index (χ3v) is 5.85. The van der Waals surface area contributed by atoms with Crippen molar-refractivity contribution in [2.24, 2.45) is 11.7 Å². The van der Waals surface area contributed by atoms with E-state index >= 15 is 0 Å². The third kappa shape index (κ3) is 10.3. The highest BCUT2D eigenvalue weighted by atomic mass is 16.3. The van der Waals surface area contributed by atoms with Gasteiger partial charge in [-0.25, -0.2) is 0 Å². The number of carbonyl (C=O) groups is 4. The Labute approximate surface area is 223 Å². The summed E-state index contributed by atoms with van der Waals surface area (Å²) in [6.07, 6.45) is 0.546. The van der Waals surface area contributed by atoms with Gasteiger partial charge in [-0.15, -0.1) is 0 Å². The lowest BCUT2D eigenvalue weighted by Crippen LogP contribution is -2.58. The number of rotatable bonds is 14. The van der Waals surface area contributed by atoms with Crippen molar-refractivity contribution in [2.75, 3.05) is 6.61 Å². The summed E-state index contributed by atoms with van der Waals surface area (Å²) in [5.74, 6) is -2.10. The first-order chi connectivity index (χ1) is 18.1. The molecule has 0 aliphatic rings. The number of hydrogen-bond acceptors (Lipinski definition) is 6. The Hall–Kier alpha value is -3.76. The molecular weight excluding hydrogens is 486 g/mol. The molecule has 0 aromatic heterocycles. The summed E-state index contributed by atoms with van der Waals surface area (Å²) in [4.78, 5) is 51.1. The third-order valence-electron chi connectivity index (χ3n) is 5.85. The second kappa shape index (κ2) is 15.5. The first-order valence-corrected chi connectivity index (χ1v) is 12.7. The van der Waals surface area contributed by atoms with Gasteiger partial charge in [-0.3, -0.25) is 19.2 Å². The van der Waals surface area contributed by atoms with E-state index in [1.54, 1.807) is 31.2 Å². The van der Waals surface area contributed by atoms with Gasteiger partial charge >= 0.3 is 0 Å². The summed E-state index contributed by atoms with van der Waals surface area (Å²) in [6, 6.07) is 14.3. The predicted molar refractivity (Wildman–Crippen MR) is 144 cm³/mol. The van der Waals surface area contributed by atoms with Crippen molar-refractivity contribution in [3.63, 3.8) is 0 Å². The Kier molecular flexibility index (Phi) is 12.4. The number of amides is 4. The molecule has 10 heteroatoms. The summed E-state index contributed by atoms with van der Waals surface area (Å²) >= 11 is 0. The zero-order chi connectivity index (χ0) is 28.1. The van der Waals surface area contributed by atoms with E-state index in [1.807, 2.05) is 50.2 Å². The largest absolute Gasteiger partial charge is 0.394 e. The van der Waals surface area contributed by atoms with E-state index < -0.39 is 48.5 Å². The Morgan fingerprint density at radius 1 is 0.737 bits per heavy atom. The van der Waals surface area contributed by atoms with E-state index in [0.717, 1.165) is 11.1 Å². The molecule has 0 radical (unpaired) electrons. The molecule has 0 spiro atoms. The molecule has 4 amide bonds. The van der Waals surface area contributed by atoms with Crippen LogP contribution < -0.4 is 27.0 Å². The number of benzene rings is 2. The standard InChI is InChI=1S/C28H39N5O5/c1-18(2)14-22(29)26(36)33-24(17-34)28(38)32-23(15-20-10-6-4-7-11-20)27(37)31-19(3)25(35)30-16-21-12-8-5-9-13-21/h4-13,18-19,22-24,34H,14-17,29H2,1-3H3,(H,30,35)(H,31,37)(H,32,38)(H,33,36)/t19-,22-,23-,24-/m0/s1. The van der Waals surface area contributed by atoms with E-state index in [0.29, 0.717) is 13.0 Å². The number of aliphatic hydroxyl groups is 1. The van der Waals surface area contributed by atoms with Gasteiger partial charge in [0.25, 0.3) is 0 Å². The van der Waals surface area contributed by atoms with Crippen molar-refractivity contribution in [2.45, 2.75) is 64.3 Å². The van der Waals surface area contributed by atoms with Crippen molar-refractivity contribution in [3.05, 3.63) is 71.8 Å². The minimum Gasteiger partial charge on any atom is -0.394 e. The molecular formula is C28H39N5O5. The van der Waals surface area contributed by atoms with Gasteiger partial charge in [-0.05, 0) is 30.4 Å². The van der Waals surface area contributed by atoms with Gasteiger partial charge in [0, 0.05) is 13.0 Å². The number of aliphatic hydroxyl groups excluding tert-OH is 1. The lowest BCUT2D eigenvalue weighted by molar-refractivity contribution is -0.134. The predicted octanol–water partition coefficient (Wildman–Crippen LogP) is 0.386. The van der Waals surface area contributed by atoms with Crippen molar-refractivity contribution in [3.8, 4) is 0 Å². The molecule has 0 aliphatic carbocycles. The number of hydrogen-bond donors (Lipinski definition) is 6. The average molecular weight is 526 g/mol. The Morgan fingerprint density at radius 2 is 1.26 bits per heavy atom. The molecule has 38 heavy (non-hydrogen) atoms. The molecule has 0 saturated carbocycles. The second-order valence-corrected chi connectivity index (χ2v) is 9.66. The number of nitrogens with one attached hydrogen (secondary N) is 4. The van der Waals surface area contributed by atoms with Crippen LogP contribution in [0.4, 0.5) is 0 Å². The van der Waals surface area contributed by atoms with E-state index in [1.165, 1.54) is 0 Å². The number of nitrogens with two attached hydrogens (primary N) is 1. The van der Waals surface area contributed by atoms with Crippen LogP contribution in [0.3, 0.4) is 0 Å². The van der Waals surface area contributed by atoms with E-state index in [4.69, 9.17) is 5.73 Å². The van der Waals surface area contributed by atoms with Crippen molar-refractivity contribution in [1.29, 1.82) is 0 Å². The first kappa shape index (κ1) is 30.5. The molecule has 4 atom stereocenters. The fourth-order valence-electron chi connectivity index (χ4n) is 3.74. The molecule has 0 unspecified atom stereocenters. The van der Waals surface area contributed by atoms with E-state index in [9.17, 15) is 24.3 Å². The molecule has 10 nitrogen and oxygen atoms in total. The van der Waals surface area contributed by atoms with Gasteiger partial charge in [0.2, 0.25) is 23.6 Å². The highest BCUT2D eigenvalue weighted by Crippen LogP contribution is 2.06. The molecule has 2 rings (SSSR count). The highest BCUT2D eigenvalue weighted by Gasteiger charge is 2.29. The molecule has 2 aromatic carbocycles. The van der Waals surface area contributed by atoms with Crippen LogP contribution in [0.1, 0.15) is 38.3 Å². The van der Waals surface area contributed by atoms with Crippen LogP contribution in [-0.4, -0.2) is 59.5 Å². The maximum atomic E-state index is 13.2. The van der Waals surface area contributed by atoms with E-state index in [2.05, 4.69) is 21.3 Å². The smallest absolute Gasteiger partial charge is 0.245 e. The summed E-state index contributed by atoms with van der Waals surface area (Å²) in [5, 5.41) is 20.2. The van der Waals surface area contributed by atoms with Crippen LogP contribution in [0.15, 0.2) is 60.7 Å². The summed E-state index contributed by atoms with van der Waals surface area (Å²) in [7, 11) is 0. The fraction of sp³-hybridized carbons (Fsp3) is 0.429. The minimum atomic E-state index is -1.29. The molecule has 206 valence electrons. The van der Waals surface area contributed by atoms with Crippen molar-refractivity contribution < 1.29 is 24.3 Å². The van der Waals surface area contributed by atoms with Gasteiger partial charge in [0.1, 0.15) is 18.1 Å². The maximum absolute atomic E-state index is 13.2. The molecule has 2 aromatic rings. The molecule has 0 fully saturated rings. The fourth-order valence-corrected chi connectivity index (χ4v) is 3.74. The molecule has 0 aliphatic heterocycles. The van der Waals surface area contributed by atoms with Crippen LogP contribution in [0.5, 0.6) is 0 Å². The van der Waals surface area contributed by atoms with Crippen LogP contribution in [0, 0.1) is 5.92 Å². The lowest BCUT2D eigenvalue weighted by Gasteiger charge is -2.24.